The van der Waals surface area contributed by atoms with E-state index in [-0.39, 0.29) is 18.4 Å². The molecular weight excluding hydrogens is 400 g/mol. The van der Waals surface area contributed by atoms with E-state index in [1.165, 1.54) is 0 Å². The number of rotatable bonds is 10. The van der Waals surface area contributed by atoms with Gasteiger partial charge in [-0.15, -0.1) is 0 Å². The van der Waals surface area contributed by atoms with Gasteiger partial charge in [0.15, 0.2) is 6.61 Å². The molecule has 32 heavy (non-hydrogen) atoms. The minimum absolute atomic E-state index is 0.133. The van der Waals surface area contributed by atoms with Crippen LogP contribution in [0.25, 0.3) is 10.8 Å². The number of hydrogen-bond donors (Lipinski definition) is 1. The van der Waals surface area contributed by atoms with Gasteiger partial charge in [0.1, 0.15) is 11.8 Å². The number of hydrogen-bond acceptors (Lipinski definition) is 3. The van der Waals surface area contributed by atoms with Crippen LogP contribution in [0.2, 0.25) is 0 Å². The largest absolute Gasteiger partial charge is 0.483 e. The van der Waals surface area contributed by atoms with Gasteiger partial charge in [0, 0.05) is 18.5 Å². The van der Waals surface area contributed by atoms with Gasteiger partial charge in [-0.25, -0.2) is 0 Å². The summed E-state index contributed by atoms with van der Waals surface area (Å²) in [5, 5.41) is 4.95. The van der Waals surface area contributed by atoms with Gasteiger partial charge in [0.25, 0.3) is 5.91 Å². The molecule has 0 aliphatic heterocycles. The first-order valence-corrected chi connectivity index (χ1v) is 11.2. The van der Waals surface area contributed by atoms with Crippen molar-refractivity contribution in [3.63, 3.8) is 0 Å². The van der Waals surface area contributed by atoms with E-state index in [9.17, 15) is 9.59 Å². The Kier molecular flexibility index (Phi) is 8.26. The van der Waals surface area contributed by atoms with Crippen molar-refractivity contribution in [3.8, 4) is 5.75 Å². The van der Waals surface area contributed by atoms with E-state index in [1.807, 2.05) is 73.7 Å². The Bertz CT molecular complexity index is 1060. The molecule has 0 aliphatic carbocycles. The summed E-state index contributed by atoms with van der Waals surface area (Å²) in [4.78, 5) is 27.6. The molecule has 0 radical (unpaired) electrons. The van der Waals surface area contributed by atoms with Crippen molar-refractivity contribution < 1.29 is 14.3 Å². The number of unbranched alkanes of at least 4 members (excludes halogenated alkanes) is 1. The predicted molar refractivity (Wildman–Crippen MR) is 129 cm³/mol. The molecule has 0 bridgehead atoms. The minimum atomic E-state index is -0.601. The second-order valence-corrected chi connectivity index (χ2v) is 8.10. The van der Waals surface area contributed by atoms with Gasteiger partial charge in [-0.05, 0) is 37.3 Å². The van der Waals surface area contributed by atoms with Crippen molar-refractivity contribution in [3.05, 3.63) is 77.9 Å². The van der Waals surface area contributed by atoms with Gasteiger partial charge in [0.2, 0.25) is 5.91 Å². The number of aryl methyl sites for hydroxylation is 1. The number of ether oxygens (including phenoxy) is 1. The molecule has 5 heteroatoms. The third-order valence-electron chi connectivity index (χ3n) is 5.53. The van der Waals surface area contributed by atoms with Crippen LogP contribution in [0.5, 0.6) is 5.75 Å². The molecule has 0 aromatic heterocycles. The molecule has 0 spiro atoms. The topological polar surface area (TPSA) is 58.6 Å². The van der Waals surface area contributed by atoms with Crippen molar-refractivity contribution in [2.45, 2.75) is 46.2 Å². The van der Waals surface area contributed by atoms with Gasteiger partial charge < -0.3 is 15.0 Å². The summed E-state index contributed by atoms with van der Waals surface area (Å²) in [6.45, 7) is 6.69. The summed E-state index contributed by atoms with van der Waals surface area (Å²) in [6.07, 6.45) is 1.91. The standard InChI is InChI=1S/C27H32N2O3/c1-4-5-16-28-27(31)21(3)29(18-22-11-8-10-20(2)17-22)26(30)19-32-25-15-9-13-23-12-6-7-14-24(23)25/h6-15,17,21H,4-5,16,18-19H2,1-3H3,(H,28,31)/t21-/m0/s1. The van der Waals surface area contributed by atoms with Crippen LogP contribution >= 0.6 is 0 Å². The van der Waals surface area contributed by atoms with Crippen LogP contribution in [-0.4, -0.2) is 35.9 Å². The van der Waals surface area contributed by atoms with Crippen molar-refractivity contribution >= 4 is 22.6 Å². The Hall–Kier alpha value is -3.34. The number of nitrogens with zero attached hydrogens (tertiary/aromatic N) is 1. The lowest BCUT2D eigenvalue weighted by molar-refractivity contribution is -0.142. The SMILES string of the molecule is CCCCNC(=O)[C@H](C)N(Cc1cccc(C)c1)C(=O)COc1cccc2ccccc12. The molecule has 0 aliphatic rings. The number of benzene rings is 3. The maximum absolute atomic E-state index is 13.2. The lowest BCUT2D eigenvalue weighted by Gasteiger charge is -2.29. The van der Waals surface area contributed by atoms with Crippen molar-refractivity contribution in [1.82, 2.24) is 10.2 Å². The smallest absolute Gasteiger partial charge is 0.261 e. The van der Waals surface area contributed by atoms with E-state index in [0.717, 1.165) is 34.7 Å². The third kappa shape index (κ3) is 6.10. The quantitative estimate of drug-likeness (QED) is 0.466. The second kappa shape index (κ2) is 11.3. The number of nitrogens with one attached hydrogen (secondary N) is 1. The summed E-state index contributed by atoms with van der Waals surface area (Å²) >= 11 is 0. The van der Waals surface area contributed by atoms with Crippen LogP contribution in [-0.2, 0) is 16.1 Å². The highest BCUT2D eigenvalue weighted by Gasteiger charge is 2.26. The molecule has 168 valence electrons. The zero-order valence-corrected chi connectivity index (χ0v) is 19.1. The fourth-order valence-corrected chi connectivity index (χ4v) is 3.67. The molecule has 1 N–H and O–H groups in total. The summed E-state index contributed by atoms with van der Waals surface area (Å²) in [6, 6.07) is 21.1. The monoisotopic (exact) mass is 432 g/mol. The van der Waals surface area contributed by atoms with Crippen molar-refractivity contribution in [2.75, 3.05) is 13.2 Å². The summed E-state index contributed by atoms with van der Waals surface area (Å²) in [7, 11) is 0. The Morgan fingerprint density at radius 1 is 1.03 bits per heavy atom. The first-order chi connectivity index (χ1) is 15.5. The van der Waals surface area contributed by atoms with E-state index >= 15 is 0 Å². The van der Waals surface area contributed by atoms with Gasteiger partial charge in [-0.2, -0.15) is 0 Å². The highest BCUT2D eigenvalue weighted by Crippen LogP contribution is 2.25. The fraction of sp³-hybridized carbons (Fsp3) is 0.333. The van der Waals surface area contributed by atoms with Gasteiger partial charge in [0.05, 0.1) is 0 Å². The Morgan fingerprint density at radius 3 is 2.56 bits per heavy atom. The summed E-state index contributed by atoms with van der Waals surface area (Å²) in [5.74, 6) is 0.286. The Labute approximate surface area is 190 Å². The van der Waals surface area contributed by atoms with Crippen molar-refractivity contribution in [1.29, 1.82) is 0 Å². The molecule has 3 aromatic carbocycles. The highest BCUT2D eigenvalue weighted by atomic mass is 16.5. The lowest BCUT2D eigenvalue weighted by atomic mass is 10.1. The highest BCUT2D eigenvalue weighted by molar-refractivity contribution is 5.90. The molecule has 0 fully saturated rings. The van der Waals surface area contributed by atoms with Crippen LogP contribution in [0.1, 0.15) is 37.8 Å². The molecule has 3 aromatic rings. The number of carbonyl (C=O) groups is 2. The minimum Gasteiger partial charge on any atom is -0.483 e. The van der Waals surface area contributed by atoms with E-state index in [2.05, 4.69) is 12.2 Å². The molecule has 1 atom stereocenters. The summed E-state index contributed by atoms with van der Waals surface area (Å²) < 4.78 is 5.93. The van der Waals surface area contributed by atoms with E-state index in [1.54, 1.807) is 11.8 Å². The average molecular weight is 433 g/mol. The molecule has 3 rings (SSSR count). The van der Waals surface area contributed by atoms with Crippen LogP contribution in [0.4, 0.5) is 0 Å². The first kappa shape index (κ1) is 23.3. The number of fused-ring (bicyclic) bond motifs is 1. The molecule has 0 saturated heterocycles. The Balaban J connectivity index is 1.76. The molecule has 0 heterocycles. The van der Waals surface area contributed by atoms with Crippen LogP contribution in [0.15, 0.2) is 66.7 Å². The van der Waals surface area contributed by atoms with Gasteiger partial charge in [-0.1, -0.05) is 79.6 Å². The van der Waals surface area contributed by atoms with Gasteiger partial charge in [-0.3, -0.25) is 9.59 Å². The molecule has 0 unspecified atom stereocenters. The molecule has 5 nitrogen and oxygen atoms in total. The fourth-order valence-electron chi connectivity index (χ4n) is 3.67. The van der Waals surface area contributed by atoms with Crippen LogP contribution < -0.4 is 10.1 Å². The van der Waals surface area contributed by atoms with Crippen LogP contribution in [0, 0.1) is 6.92 Å². The average Bonchev–Trinajstić information content (AvgIpc) is 2.80. The van der Waals surface area contributed by atoms with Crippen LogP contribution in [0.3, 0.4) is 0 Å². The molecule has 0 saturated carbocycles. The lowest BCUT2D eigenvalue weighted by Crippen LogP contribution is -2.49. The number of carbonyl (C=O) groups excluding carboxylic acids is 2. The zero-order chi connectivity index (χ0) is 22.9. The Morgan fingerprint density at radius 2 is 1.78 bits per heavy atom. The van der Waals surface area contributed by atoms with E-state index in [0.29, 0.717) is 18.8 Å². The third-order valence-corrected chi connectivity index (χ3v) is 5.53. The maximum atomic E-state index is 13.2. The second-order valence-electron chi connectivity index (χ2n) is 8.10. The van der Waals surface area contributed by atoms with Gasteiger partial charge >= 0.3 is 0 Å². The first-order valence-electron chi connectivity index (χ1n) is 11.2. The number of amides is 2. The summed E-state index contributed by atoms with van der Waals surface area (Å²) in [5.41, 5.74) is 2.10. The van der Waals surface area contributed by atoms with E-state index in [4.69, 9.17) is 4.74 Å². The predicted octanol–water partition coefficient (Wildman–Crippen LogP) is 4.86. The molecular formula is C27H32N2O3. The zero-order valence-electron chi connectivity index (χ0n) is 19.1. The normalized spacial score (nSPS) is 11.7. The molecule has 2 amide bonds. The maximum Gasteiger partial charge on any atom is 0.261 e. The van der Waals surface area contributed by atoms with E-state index < -0.39 is 6.04 Å². The van der Waals surface area contributed by atoms with Crippen molar-refractivity contribution in [2.24, 2.45) is 0 Å².